The number of rotatable bonds is 4. The van der Waals surface area contributed by atoms with Crippen LogP contribution in [0.2, 0.25) is 0 Å². The fraction of sp³-hybridized carbons (Fsp3) is 0.600. The molecule has 3 rings (SSSR count). The molecule has 2 heterocycles. The molecule has 0 aromatic heterocycles. The standard InChI is InChI=1S/C20H27FN2O3/c1-4-5-15(3)23-13-20(26-19(23)25)8-10-22(11-9-20)18(24)16-7-6-14(2)12-17(16)21/h6-7,12,15H,4-5,8-11,13H2,1-3H3/t15-/m0/s1. The molecule has 0 N–H and O–H groups in total. The largest absolute Gasteiger partial charge is 0.441 e. The number of hydrogen-bond donors (Lipinski definition) is 0. The highest BCUT2D eigenvalue weighted by Gasteiger charge is 2.48. The second-order valence-corrected chi connectivity index (χ2v) is 7.59. The van der Waals surface area contributed by atoms with Gasteiger partial charge in [0.1, 0.15) is 11.4 Å². The average molecular weight is 362 g/mol. The lowest BCUT2D eigenvalue weighted by Gasteiger charge is -2.37. The fourth-order valence-corrected chi connectivity index (χ4v) is 3.90. The van der Waals surface area contributed by atoms with Gasteiger partial charge in [-0.05, 0) is 38.0 Å². The summed E-state index contributed by atoms with van der Waals surface area (Å²) >= 11 is 0. The molecule has 1 atom stereocenters. The Balaban J connectivity index is 1.64. The summed E-state index contributed by atoms with van der Waals surface area (Å²) in [4.78, 5) is 28.3. The summed E-state index contributed by atoms with van der Waals surface area (Å²) in [6.45, 7) is 7.45. The molecule has 2 aliphatic heterocycles. The van der Waals surface area contributed by atoms with E-state index in [0.717, 1.165) is 18.4 Å². The van der Waals surface area contributed by atoms with E-state index in [2.05, 4.69) is 6.92 Å². The molecule has 0 saturated carbocycles. The third-order valence-electron chi connectivity index (χ3n) is 5.55. The topological polar surface area (TPSA) is 49.9 Å². The van der Waals surface area contributed by atoms with Crippen molar-refractivity contribution in [2.24, 2.45) is 0 Å². The second kappa shape index (κ2) is 7.25. The number of carbonyl (C=O) groups excluding carboxylic acids is 2. The van der Waals surface area contributed by atoms with Gasteiger partial charge in [0.25, 0.3) is 5.91 Å². The number of piperidine rings is 1. The highest BCUT2D eigenvalue weighted by molar-refractivity contribution is 5.94. The van der Waals surface area contributed by atoms with Gasteiger partial charge in [0, 0.05) is 32.0 Å². The van der Waals surface area contributed by atoms with Crippen LogP contribution in [0, 0.1) is 12.7 Å². The Morgan fingerprint density at radius 2 is 2.04 bits per heavy atom. The van der Waals surface area contributed by atoms with Gasteiger partial charge in [-0.1, -0.05) is 19.4 Å². The predicted octanol–water partition coefficient (Wildman–Crippen LogP) is 3.75. The van der Waals surface area contributed by atoms with E-state index in [1.165, 1.54) is 6.07 Å². The SMILES string of the molecule is CCC[C@H](C)N1CC2(CCN(C(=O)c3ccc(C)cc3F)CC2)OC1=O. The van der Waals surface area contributed by atoms with E-state index >= 15 is 0 Å². The highest BCUT2D eigenvalue weighted by atomic mass is 19.1. The Morgan fingerprint density at radius 3 is 2.65 bits per heavy atom. The Kier molecular flexibility index (Phi) is 5.21. The summed E-state index contributed by atoms with van der Waals surface area (Å²) in [5.74, 6) is -0.778. The van der Waals surface area contributed by atoms with Crippen molar-refractivity contribution in [3.8, 4) is 0 Å². The number of likely N-dealkylation sites (tertiary alicyclic amines) is 1. The average Bonchev–Trinajstić information content (AvgIpc) is 2.91. The van der Waals surface area contributed by atoms with Crippen LogP contribution in [0.1, 0.15) is 55.5 Å². The zero-order valence-electron chi connectivity index (χ0n) is 15.8. The smallest absolute Gasteiger partial charge is 0.410 e. The minimum Gasteiger partial charge on any atom is -0.441 e. The Hall–Kier alpha value is -2.11. The molecular formula is C20H27FN2O3. The molecule has 1 aromatic rings. The molecule has 0 bridgehead atoms. The lowest BCUT2D eigenvalue weighted by Crippen LogP contribution is -2.49. The third kappa shape index (κ3) is 3.55. The number of nitrogens with zero attached hydrogens (tertiary/aromatic N) is 2. The number of halogens is 1. The lowest BCUT2D eigenvalue weighted by atomic mass is 9.90. The van der Waals surface area contributed by atoms with Crippen LogP contribution < -0.4 is 0 Å². The number of aryl methyl sites for hydroxylation is 1. The van der Waals surface area contributed by atoms with Gasteiger partial charge >= 0.3 is 6.09 Å². The highest BCUT2D eigenvalue weighted by Crippen LogP contribution is 2.35. The Bertz CT molecular complexity index is 698. The molecular weight excluding hydrogens is 335 g/mol. The first kappa shape index (κ1) is 18.7. The molecule has 1 aromatic carbocycles. The molecule has 2 amide bonds. The fourth-order valence-electron chi connectivity index (χ4n) is 3.90. The molecule has 2 aliphatic rings. The minimum atomic E-state index is -0.512. The third-order valence-corrected chi connectivity index (χ3v) is 5.55. The summed E-state index contributed by atoms with van der Waals surface area (Å²) in [5.41, 5.74) is 0.380. The molecule has 5 nitrogen and oxygen atoms in total. The first-order valence-electron chi connectivity index (χ1n) is 9.40. The van der Waals surface area contributed by atoms with Crippen LogP contribution in [0.3, 0.4) is 0 Å². The van der Waals surface area contributed by atoms with Crippen LogP contribution in [0.5, 0.6) is 0 Å². The van der Waals surface area contributed by atoms with Gasteiger partial charge in [-0.2, -0.15) is 0 Å². The maximum Gasteiger partial charge on any atom is 0.410 e. The van der Waals surface area contributed by atoms with Gasteiger partial charge < -0.3 is 14.5 Å². The predicted molar refractivity (Wildman–Crippen MR) is 96.6 cm³/mol. The van der Waals surface area contributed by atoms with E-state index in [1.54, 1.807) is 28.9 Å². The molecule has 0 unspecified atom stereocenters. The van der Waals surface area contributed by atoms with Crippen LogP contribution in [0.4, 0.5) is 9.18 Å². The van der Waals surface area contributed by atoms with E-state index in [4.69, 9.17) is 4.74 Å². The summed E-state index contributed by atoms with van der Waals surface area (Å²) in [7, 11) is 0. The Labute approximate surface area is 154 Å². The van der Waals surface area contributed by atoms with E-state index < -0.39 is 11.4 Å². The molecule has 6 heteroatoms. The number of hydrogen-bond acceptors (Lipinski definition) is 3. The molecule has 142 valence electrons. The summed E-state index contributed by atoms with van der Waals surface area (Å²) in [6, 6.07) is 4.83. The van der Waals surface area contributed by atoms with E-state index in [-0.39, 0.29) is 23.6 Å². The van der Waals surface area contributed by atoms with Gasteiger partial charge in [-0.15, -0.1) is 0 Å². The van der Waals surface area contributed by atoms with Gasteiger partial charge in [0.05, 0.1) is 12.1 Å². The van der Waals surface area contributed by atoms with Crippen molar-refractivity contribution in [2.45, 2.75) is 58.1 Å². The first-order valence-corrected chi connectivity index (χ1v) is 9.40. The molecule has 2 saturated heterocycles. The Morgan fingerprint density at radius 1 is 1.35 bits per heavy atom. The molecule has 26 heavy (non-hydrogen) atoms. The monoisotopic (exact) mass is 362 g/mol. The van der Waals surface area contributed by atoms with Crippen molar-refractivity contribution in [1.29, 1.82) is 0 Å². The van der Waals surface area contributed by atoms with E-state index in [1.807, 2.05) is 6.92 Å². The number of benzene rings is 1. The quantitative estimate of drug-likeness (QED) is 0.820. The maximum absolute atomic E-state index is 14.1. The van der Waals surface area contributed by atoms with Crippen LogP contribution in [-0.2, 0) is 4.74 Å². The van der Waals surface area contributed by atoms with E-state index in [9.17, 15) is 14.0 Å². The number of carbonyl (C=O) groups is 2. The van der Waals surface area contributed by atoms with Crippen LogP contribution in [0.15, 0.2) is 18.2 Å². The van der Waals surface area contributed by atoms with Crippen molar-refractivity contribution >= 4 is 12.0 Å². The van der Waals surface area contributed by atoms with Crippen LogP contribution in [0.25, 0.3) is 0 Å². The number of amides is 2. The van der Waals surface area contributed by atoms with E-state index in [0.29, 0.717) is 32.5 Å². The van der Waals surface area contributed by atoms with Gasteiger partial charge in [-0.3, -0.25) is 4.79 Å². The lowest BCUT2D eigenvalue weighted by molar-refractivity contribution is 0.00296. The van der Waals surface area contributed by atoms with Crippen molar-refractivity contribution in [3.05, 3.63) is 35.1 Å². The van der Waals surface area contributed by atoms with Crippen molar-refractivity contribution in [3.63, 3.8) is 0 Å². The van der Waals surface area contributed by atoms with Crippen molar-refractivity contribution in [1.82, 2.24) is 9.80 Å². The maximum atomic E-state index is 14.1. The molecule has 2 fully saturated rings. The summed E-state index contributed by atoms with van der Waals surface area (Å²) in [5, 5.41) is 0. The number of ether oxygens (including phenoxy) is 1. The normalized spacial score (nSPS) is 20.4. The van der Waals surface area contributed by atoms with Crippen molar-refractivity contribution in [2.75, 3.05) is 19.6 Å². The van der Waals surface area contributed by atoms with Gasteiger partial charge in [0.2, 0.25) is 0 Å². The van der Waals surface area contributed by atoms with Crippen molar-refractivity contribution < 1.29 is 18.7 Å². The summed E-state index contributed by atoms with van der Waals surface area (Å²) < 4.78 is 19.8. The zero-order chi connectivity index (χ0) is 18.9. The van der Waals surface area contributed by atoms with Gasteiger partial charge in [-0.25, -0.2) is 9.18 Å². The molecule has 1 spiro atoms. The first-order chi connectivity index (χ1) is 12.3. The van der Waals surface area contributed by atoms with Crippen LogP contribution in [-0.4, -0.2) is 53.1 Å². The molecule has 0 radical (unpaired) electrons. The zero-order valence-corrected chi connectivity index (χ0v) is 15.8. The van der Waals surface area contributed by atoms with Crippen LogP contribution >= 0.6 is 0 Å². The second-order valence-electron chi connectivity index (χ2n) is 7.59. The van der Waals surface area contributed by atoms with Gasteiger partial charge in [0.15, 0.2) is 0 Å². The minimum absolute atomic E-state index is 0.105. The summed E-state index contributed by atoms with van der Waals surface area (Å²) in [6.07, 6.45) is 2.89. The molecule has 0 aliphatic carbocycles.